The molecule has 0 saturated carbocycles. The average molecular weight is 267 g/mol. The summed E-state index contributed by atoms with van der Waals surface area (Å²) in [5.41, 5.74) is 0.176. The summed E-state index contributed by atoms with van der Waals surface area (Å²) in [6.07, 6.45) is 0. The van der Waals surface area contributed by atoms with Crippen LogP contribution in [0, 0.1) is 0 Å². The lowest BCUT2D eigenvalue weighted by Gasteiger charge is -2.11. The van der Waals surface area contributed by atoms with Gasteiger partial charge in [0.25, 0.3) is 0 Å². The van der Waals surface area contributed by atoms with E-state index in [0.29, 0.717) is 0 Å². The van der Waals surface area contributed by atoms with Crippen molar-refractivity contribution in [1.82, 2.24) is 0 Å². The number of nitrogens with one attached hydrogen (secondary N) is 1. The number of phenolic OH excluding ortho intramolecular Hbond substituents is 1. The fourth-order valence-electron chi connectivity index (χ4n) is 1.11. The number of ether oxygens (including phenoxy) is 1. The van der Waals surface area contributed by atoms with Crippen LogP contribution in [0.3, 0.4) is 0 Å². The van der Waals surface area contributed by atoms with Gasteiger partial charge in [-0.1, -0.05) is 11.6 Å². The maximum Gasteiger partial charge on any atom is 0.243 e. The highest BCUT2D eigenvalue weighted by Crippen LogP contribution is 2.35. The molecule has 1 aromatic rings. The summed E-state index contributed by atoms with van der Waals surface area (Å²) in [5.74, 6) is -0.521. The Morgan fingerprint density at radius 2 is 2.19 bits per heavy atom. The number of halogens is 1. The lowest BCUT2D eigenvalue weighted by atomic mass is 10.3. The van der Waals surface area contributed by atoms with Gasteiger partial charge in [0.1, 0.15) is 11.6 Å². The van der Waals surface area contributed by atoms with Gasteiger partial charge in [-0.3, -0.25) is 0 Å². The SMILES string of the molecule is COCNc1ccc(Cl)c(S(N)(=O)=O)c1O. The molecule has 90 valence electrons. The van der Waals surface area contributed by atoms with E-state index in [1.165, 1.54) is 19.2 Å². The van der Waals surface area contributed by atoms with Crippen molar-refractivity contribution >= 4 is 27.3 Å². The second kappa shape index (κ2) is 4.88. The van der Waals surface area contributed by atoms with Gasteiger partial charge >= 0.3 is 0 Å². The van der Waals surface area contributed by atoms with E-state index in [1.807, 2.05) is 0 Å². The minimum atomic E-state index is -4.07. The first-order valence-electron chi connectivity index (χ1n) is 4.15. The number of methoxy groups -OCH3 is 1. The van der Waals surface area contributed by atoms with Crippen molar-refractivity contribution in [2.75, 3.05) is 19.2 Å². The number of primary sulfonamides is 1. The Morgan fingerprint density at radius 1 is 1.56 bits per heavy atom. The summed E-state index contributed by atoms with van der Waals surface area (Å²) in [7, 11) is -2.63. The summed E-state index contributed by atoms with van der Waals surface area (Å²) < 4.78 is 27.1. The number of anilines is 1. The Morgan fingerprint density at radius 3 is 2.69 bits per heavy atom. The van der Waals surface area contributed by atoms with Gasteiger partial charge in [0, 0.05) is 7.11 Å². The number of rotatable bonds is 4. The summed E-state index contributed by atoms with van der Waals surface area (Å²) in [4.78, 5) is -0.504. The molecule has 0 aromatic heterocycles. The highest BCUT2D eigenvalue weighted by atomic mass is 35.5. The summed E-state index contributed by atoms with van der Waals surface area (Å²) in [6.45, 7) is 0.110. The average Bonchev–Trinajstić information content (AvgIpc) is 2.14. The van der Waals surface area contributed by atoms with Crippen molar-refractivity contribution < 1.29 is 18.3 Å². The van der Waals surface area contributed by atoms with E-state index in [4.69, 9.17) is 21.5 Å². The van der Waals surface area contributed by atoms with E-state index >= 15 is 0 Å². The van der Waals surface area contributed by atoms with Gasteiger partial charge in [0.2, 0.25) is 10.0 Å². The molecule has 0 saturated heterocycles. The largest absolute Gasteiger partial charge is 0.504 e. The molecule has 0 heterocycles. The molecule has 0 amide bonds. The normalized spacial score (nSPS) is 11.4. The number of benzene rings is 1. The third-order valence-electron chi connectivity index (χ3n) is 1.77. The predicted octanol–water partition coefficient (Wildman–Crippen LogP) is 0.709. The van der Waals surface area contributed by atoms with Crippen LogP contribution in [0.15, 0.2) is 17.0 Å². The molecule has 0 radical (unpaired) electrons. The van der Waals surface area contributed by atoms with E-state index in [-0.39, 0.29) is 17.4 Å². The Kier molecular flexibility index (Phi) is 3.98. The highest BCUT2D eigenvalue weighted by molar-refractivity contribution is 7.89. The first-order chi connectivity index (χ1) is 7.38. The molecule has 0 aliphatic rings. The second-order valence-corrected chi connectivity index (χ2v) is 4.83. The minimum Gasteiger partial charge on any atom is -0.504 e. The fraction of sp³-hybridized carbons (Fsp3) is 0.250. The van der Waals surface area contributed by atoms with Crippen LogP contribution in [0.5, 0.6) is 5.75 Å². The standard InChI is InChI=1S/C8H11ClN2O4S/c1-15-4-11-6-3-2-5(9)8(7(6)12)16(10,13)14/h2-3,11-12H,4H2,1H3,(H2,10,13,14). The molecule has 16 heavy (non-hydrogen) atoms. The van der Waals surface area contributed by atoms with E-state index in [2.05, 4.69) is 5.32 Å². The smallest absolute Gasteiger partial charge is 0.243 e. The number of hydrogen-bond acceptors (Lipinski definition) is 5. The number of phenols is 1. The number of hydrogen-bond donors (Lipinski definition) is 3. The van der Waals surface area contributed by atoms with Gasteiger partial charge in [-0.25, -0.2) is 13.6 Å². The molecule has 1 aromatic carbocycles. The van der Waals surface area contributed by atoms with Gasteiger partial charge in [0.15, 0.2) is 5.75 Å². The lowest BCUT2D eigenvalue weighted by Crippen LogP contribution is -2.14. The van der Waals surface area contributed by atoms with E-state index in [9.17, 15) is 13.5 Å². The van der Waals surface area contributed by atoms with Gasteiger partial charge in [-0.15, -0.1) is 0 Å². The van der Waals surface area contributed by atoms with Crippen molar-refractivity contribution in [1.29, 1.82) is 0 Å². The minimum absolute atomic E-state index is 0.110. The Balaban J connectivity index is 3.28. The number of nitrogens with two attached hydrogens (primary N) is 1. The first kappa shape index (κ1) is 13.0. The molecule has 6 nitrogen and oxygen atoms in total. The third kappa shape index (κ3) is 2.76. The topological polar surface area (TPSA) is 102 Å². The molecule has 1 rings (SSSR count). The van der Waals surface area contributed by atoms with Gasteiger partial charge in [-0.05, 0) is 12.1 Å². The zero-order chi connectivity index (χ0) is 12.3. The van der Waals surface area contributed by atoms with Gasteiger partial charge in [0.05, 0.1) is 10.7 Å². The Labute approximate surface area is 98.0 Å². The molecular formula is C8H11ClN2O4S. The summed E-state index contributed by atoms with van der Waals surface area (Å²) in [5, 5.41) is 17.1. The first-order valence-corrected chi connectivity index (χ1v) is 6.07. The van der Waals surface area contributed by atoms with Crippen LogP contribution in [0.25, 0.3) is 0 Å². The maximum atomic E-state index is 11.2. The van der Waals surface area contributed by atoms with Gasteiger partial charge in [-0.2, -0.15) is 0 Å². The quantitative estimate of drug-likeness (QED) is 0.550. The Bertz CT molecular complexity index is 489. The molecule has 0 atom stereocenters. The molecule has 0 aliphatic carbocycles. The monoisotopic (exact) mass is 266 g/mol. The van der Waals surface area contributed by atoms with Crippen molar-refractivity contribution in [3.05, 3.63) is 17.2 Å². The molecule has 0 aliphatic heterocycles. The highest BCUT2D eigenvalue weighted by Gasteiger charge is 2.20. The van der Waals surface area contributed by atoms with Crippen LogP contribution in [0.4, 0.5) is 5.69 Å². The number of aromatic hydroxyl groups is 1. The van der Waals surface area contributed by atoms with Crippen molar-refractivity contribution in [2.45, 2.75) is 4.90 Å². The van der Waals surface area contributed by atoms with Gasteiger partial charge < -0.3 is 15.2 Å². The molecule has 0 bridgehead atoms. The summed E-state index contributed by atoms with van der Waals surface area (Å²) in [6, 6.07) is 2.74. The van der Waals surface area contributed by atoms with Crippen molar-refractivity contribution in [2.24, 2.45) is 5.14 Å². The van der Waals surface area contributed by atoms with Crippen LogP contribution in [-0.4, -0.2) is 27.4 Å². The fourth-order valence-corrected chi connectivity index (χ4v) is 2.30. The molecular weight excluding hydrogens is 256 g/mol. The van der Waals surface area contributed by atoms with Crippen LogP contribution < -0.4 is 10.5 Å². The molecule has 0 fully saturated rings. The molecule has 0 spiro atoms. The summed E-state index contributed by atoms with van der Waals surface area (Å²) >= 11 is 5.64. The zero-order valence-corrected chi connectivity index (χ0v) is 9.97. The van der Waals surface area contributed by atoms with Crippen molar-refractivity contribution in [3.8, 4) is 5.75 Å². The molecule has 4 N–H and O–H groups in total. The number of sulfonamides is 1. The molecule has 8 heteroatoms. The zero-order valence-electron chi connectivity index (χ0n) is 8.40. The van der Waals surface area contributed by atoms with Crippen LogP contribution in [0.2, 0.25) is 5.02 Å². The predicted molar refractivity (Wildman–Crippen MR) is 60.0 cm³/mol. The second-order valence-electron chi connectivity index (χ2n) is 2.93. The molecule has 0 unspecified atom stereocenters. The van der Waals surface area contributed by atoms with Crippen molar-refractivity contribution in [3.63, 3.8) is 0 Å². The maximum absolute atomic E-state index is 11.2. The third-order valence-corrected chi connectivity index (χ3v) is 3.18. The van der Waals surface area contributed by atoms with Crippen LogP contribution in [-0.2, 0) is 14.8 Å². The lowest BCUT2D eigenvalue weighted by molar-refractivity contribution is 0.221. The van der Waals surface area contributed by atoms with E-state index < -0.39 is 20.7 Å². The van der Waals surface area contributed by atoms with Crippen LogP contribution >= 0.6 is 11.6 Å². The van der Waals surface area contributed by atoms with E-state index in [1.54, 1.807) is 0 Å². The Hall–Kier alpha value is -1.02. The van der Waals surface area contributed by atoms with Crippen LogP contribution in [0.1, 0.15) is 0 Å². The van der Waals surface area contributed by atoms with E-state index in [0.717, 1.165) is 0 Å².